The highest BCUT2D eigenvalue weighted by Gasteiger charge is 2.32. The lowest BCUT2D eigenvalue weighted by molar-refractivity contribution is -0.126. The van der Waals surface area contributed by atoms with Gasteiger partial charge in [0.05, 0.1) is 17.0 Å². The summed E-state index contributed by atoms with van der Waals surface area (Å²) in [6.45, 7) is 11.8. The van der Waals surface area contributed by atoms with Crippen LogP contribution in [-0.4, -0.2) is 35.1 Å². The van der Waals surface area contributed by atoms with Crippen molar-refractivity contribution in [1.82, 2.24) is 15.5 Å². The predicted molar refractivity (Wildman–Crippen MR) is 97.5 cm³/mol. The van der Waals surface area contributed by atoms with Crippen molar-refractivity contribution in [3.8, 4) is 0 Å². The van der Waals surface area contributed by atoms with Gasteiger partial charge in [0.25, 0.3) is 5.91 Å². The molecular formula is C18H27N5O2. The van der Waals surface area contributed by atoms with E-state index in [0.29, 0.717) is 11.6 Å². The van der Waals surface area contributed by atoms with Crippen molar-refractivity contribution in [3.63, 3.8) is 0 Å². The Morgan fingerprint density at radius 2 is 2.04 bits per heavy atom. The third kappa shape index (κ3) is 4.35. The molecule has 1 unspecified atom stereocenters. The van der Waals surface area contributed by atoms with Crippen molar-refractivity contribution in [2.24, 2.45) is 17.1 Å². The van der Waals surface area contributed by atoms with Gasteiger partial charge in [-0.2, -0.15) is 5.10 Å². The molecule has 2 heterocycles. The quantitative estimate of drug-likeness (QED) is 0.807. The molecule has 7 heteroatoms. The third-order valence-electron chi connectivity index (χ3n) is 4.68. The van der Waals surface area contributed by atoms with Crippen LogP contribution in [0, 0.1) is 18.3 Å². The average molecular weight is 345 g/mol. The van der Waals surface area contributed by atoms with Crippen LogP contribution in [0.4, 0.5) is 5.69 Å². The van der Waals surface area contributed by atoms with Gasteiger partial charge in [-0.15, -0.1) is 5.10 Å². The number of aryl methyl sites for hydroxylation is 1. The van der Waals surface area contributed by atoms with Crippen LogP contribution < -0.4 is 16.0 Å². The van der Waals surface area contributed by atoms with Gasteiger partial charge in [-0.25, -0.2) is 0 Å². The van der Waals surface area contributed by atoms with E-state index in [2.05, 4.69) is 41.2 Å². The highest BCUT2D eigenvalue weighted by Crippen LogP contribution is 2.36. The minimum atomic E-state index is -0.576. The van der Waals surface area contributed by atoms with E-state index in [1.807, 2.05) is 13.0 Å². The lowest BCUT2D eigenvalue weighted by Crippen LogP contribution is -2.30. The highest BCUT2D eigenvalue weighted by molar-refractivity contribution is 6.22. The average Bonchev–Trinajstić information content (AvgIpc) is 2.98. The van der Waals surface area contributed by atoms with Gasteiger partial charge in [0.15, 0.2) is 0 Å². The Labute approximate surface area is 148 Å². The zero-order valence-corrected chi connectivity index (χ0v) is 15.6. The van der Waals surface area contributed by atoms with Crippen molar-refractivity contribution in [2.75, 3.05) is 18.0 Å². The smallest absolute Gasteiger partial charge is 0.261 e. The Hall–Kier alpha value is -2.44. The van der Waals surface area contributed by atoms with E-state index < -0.39 is 11.8 Å². The number of nitrogens with zero attached hydrogens (tertiary/aromatic N) is 3. The molecule has 0 radical (unpaired) electrons. The zero-order chi connectivity index (χ0) is 18.8. The van der Waals surface area contributed by atoms with Crippen molar-refractivity contribution in [2.45, 2.75) is 41.0 Å². The molecule has 1 aromatic heterocycles. The number of aromatic nitrogens is 2. The molecule has 7 nitrogen and oxygen atoms in total. The first-order valence-corrected chi connectivity index (χ1v) is 8.47. The van der Waals surface area contributed by atoms with Gasteiger partial charge in [-0.05, 0) is 30.7 Å². The molecule has 0 aliphatic carbocycles. The van der Waals surface area contributed by atoms with Crippen LogP contribution in [0.25, 0.3) is 5.57 Å². The van der Waals surface area contributed by atoms with Gasteiger partial charge in [0.1, 0.15) is 5.69 Å². The van der Waals surface area contributed by atoms with E-state index in [4.69, 9.17) is 5.73 Å². The molecule has 0 spiro atoms. The number of carbonyl (C=O) groups is 2. The second-order valence-corrected chi connectivity index (χ2v) is 7.59. The number of imide groups is 1. The summed E-state index contributed by atoms with van der Waals surface area (Å²) in [6.07, 6.45) is 2.27. The summed E-state index contributed by atoms with van der Waals surface area (Å²) in [5.41, 5.74) is 8.09. The number of rotatable bonds is 3. The topological polar surface area (TPSA) is 101 Å². The fourth-order valence-corrected chi connectivity index (χ4v) is 3.09. The first-order chi connectivity index (χ1) is 11.6. The van der Waals surface area contributed by atoms with Gasteiger partial charge in [0, 0.05) is 26.2 Å². The second-order valence-electron chi connectivity index (χ2n) is 7.59. The molecule has 2 rings (SSSR count). The van der Waals surface area contributed by atoms with Crippen molar-refractivity contribution >= 4 is 23.1 Å². The molecule has 2 amide bonds. The Morgan fingerprint density at radius 3 is 2.56 bits per heavy atom. The molecule has 1 fully saturated rings. The van der Waals surface area contributed by atoms with E-state index in [-0.39, 0.29) is 11.0 Å². The van der Waals surface area contributed by atoms with Crippen LogP contribution in [0.1, 0.15) is 45.5 Å². The number of carbonyl (C=O) groups excluding carboxylic acids is 2. The molecule has 0 aromatic carbocycles. The SMILES string of the molecule is CC(=O)NC(=O)/C(=C\N)c1cc(N2CCC(C(C)(C)C)C2)c(C)nn1. The molecule has 0 bridgehead atoms. The summed E-state index contributed by atoms with van der Waals surface area (Å²) in [6, 6.07) is 1.83. The van der Waals surface area contributed by atoms with E-state index in [1.165, 1.54) is 6.92 Å². The first-order valence-electron chi connectivity index (χ1n) is 8.47. The predicted octanol–water partition coefficient (Wildman–Crippen LogP) is 1.62. The fourth-order valence-electron chi connectivity index (χ4n) is 3.09. The molecule has 1 aliphatic heterocycles. The minimum Gasteiger partial charge on any atom is -0.404 e. The number of hydrogen-bond donors (Lipinski definition) is 2. The zero-order valence-electron chi connectivity index (χ0n) is 15.6. The van der Waals surface area contributed by atoms with Crippen molar-refractivity contribution < 1.29 is 9.59 Å². The molecule has 25 heavy (non-hydrogen) atoms. The Morgan fingerprint density at radius 1 is 1.36 bits per heavy atom. The van der Waals surface area contributed by atoms with Crippen molar-refractivity contribution in [3.05, 3.63) is 23.7 Å². The third-order valence-corrected chi connectivity index (χ3v) is 4.68. The molecule has 1 aliphatic rings. The highest BCUT2D eigenvalue weighted by atomic mass is 16.2. The summed E-state index contributed by atoms with van der Waals surface area (Å²) in [7, 11) is 0. The monoisotopic (exact) mass is 345 g/mol. The summed E-state index contributed by atoms with van der Waals surface area (Å²) in [4.78, 5) is 25.5. The lowest BCUT2D eigenvalue weighted by Gasteiger charge is -2.28. The van der Waals surface area contributed by atoms with Crippen LogP contribution in [0.15, 0.2) is 12.3 Å². The number of nitrogens with two attached hydrogens (primary N) is 1. The molecule has 1 saturated heterocycles. The number of hydrogen-bond acceptors (Lipinski definition) is 6. The van der Waals surface area contributed by atoms with Gasteiger partial charge >= 0.3 is 0 Å². The van der Waals surface area contributed by atoms with Crippen LogP contribution in [-0.2, 0) is 9.59 Å². The Kier molecular flexibility index (Phi) is 5.45. The molecule has 1 atom stereocenters. The summed E-state index contributed by atoms with van der Waals surface area (Å²) < 4.78 is 0. The maximum absolute atomic E-state index is 12.1. The van der Waals surface area contributed by atoms with Gasteiger partial charge < -0.3 is 10.6 Å². The second kappa shape index (κ2) is 7.21. The lowest BCUT2D eigenvalue weighted by atomic mass is 9.80. The van der Waals surface area contributed by atoms with E-state index in [9.17, 15) is 9.59 Å². The summed E-state index contributed by atoms with van der Waals surface area (Å²) >= 11 is 0. The Bertz CT molecular complexity index is 706. The summed E-state index contributed by atoms with van der Waals surface area (Å²) in [5.74, 6) is -0.431. The number of amides is 2. The molecule has 136 valence electrons. The normalized spacial score (nSPS) is 18.4. The maximum Gasteiger partial charge on any atom is 0.261 e. The van der Waals surface area contributed by atoms with Gasteiger partial charge in [-0.1, -0.05) is 20.8 Å². The van der Waals surface area contributed by atoms with Gasteiger partial charge in [0.2, 0.25) is 5.91 Å². The van der Waals surface area contributed by atoms with Gasteiger partial charge in [-0.3, -0.25) is 14.9 Å². The maximum atomic E-state index is 12.1. The first kappa shape index (κ1) is 18.9. The van der Waals surface area contributed by atoms with E-state index >= 15 is 0 Å². The standard InChI is InChI=1S/C18H27N5O2/c1-11-16(23-7-6-13(10-23)18(3,4)5)8-15(22-21-11)14(9-19)17(25)20-12(2)24/h8-9,13H,6-7,10,19H2,1-5H3,(H,20,24,25)/b14-9-. The number of nitrogens with one attached hydrogen (secondary N) is 1. The van der Waals surface area contributed by atoms with Crippen LogP contribution >= 0.6 is 0 Å². The van der Waals surface area contributed by atoms with E-state index in [0.717, 1.165) is 37.1 Å². The summed E-state index contributed by atoms with van der Waals surface area (Å²) in [5, 5.41) is 10.5. The van der Waals surface area contributed by atoms with Crippen molar-refractivity contribution in [1.29, 1.82) is 0 Å². The molecule has 0 saturated carbocycles. The molecule has 3 N–H and O–H groups in total. The van der Waals surface area contributed by atoms with Crippen LogP contribution in [0.2, 0.25) is 0 Å². The minimum absolute atomic E-state index is 0.135. The van der Waals surface area contributed by atoms with E-state index in [1.54, 1.807) is 0 Å². The largest absolute Gasteiger partial charge is 0.404 e. The van der Waals surface area contributed by atoms with Crippen LogP contribution in [0.3, 0.4) is 0 Å². The van der Waals surface area contributed by atoms with Crippen LogP contribution in [0.5, 0.6) is 0 Å². The Balaban J connectivity index is 2.29. The number of anilines is 1. The molecular weight excluding hydrogens is 318 g/mol. The fraction of sp³-hybridized carbons (Fsp3) is 0.556. The molecule has 1 aromatic rings.